The average molecular weight is 207 g/mol. The van der Waals surface area contributed by atoms with E-state index in [0.29, 0.717) is 0 Å². The van der Waals surface area contributed by atoms with Gasteiger partial charge in [-0.2, -0.15) is 0 Å². The summed E-state index contributed by atoms with van der Waals surface area (Å²) in [6, 6.07) is 8.38. The first-order chi connectivity index (χ1) is 7.15. The van der Waals surface area contributed by atoms with Gasteiger partial charge >= 0.3 is 0 Å². The van der Waals surface area contributed by atoms with Gasteiger partial charge in [0.25, 0.3) is 0 Å². The van der Waals surface area contributed by atoms with Crippen molar-refractivity contribution >= 4 is 5.69 Å². The Labute approximate surface area is 92.5 Å². The van der Waals surface area contributed by atoms with E-state index >= 15 is 0 Å². The van der Waals surface area contributed by atoms with Crippen LogP contribution in [-0.2, 0) is 0 Å². The minimum atomic E-state index is -0.219. The van der Waals surface area contributed by atoms with Crippen molar-refractivity contribution in [2.24, 2.45) is 0 Å². The first kappa shape index (κ1) is 12.1. The highest BCUT2D eigenvalue weighted by atomic mass is 16.3. The smallest absolute Gasteiger partial charge is 0.0528 e. The summed E-state index contributed by atoms with van der Waals surface area (Å²) in [6.07, 6.45) is 0.602. The molecule has 1 N–H and O–H groups in total. The molecule has 0 heterocycles. The van der Waals surface area contributed by atoms with Crippen LogP contribution in [-0.4, -0.2) is 24.3 Å². The van der Waals surface area contributed by atoms with E-state index in [-0.39, 0.29) is 6.10 Å². The van der Waals surface area contributed by atoms with Crippen molar-refractivity contribution in [3.8, 4) is 0 Å². The highest BCUT2D eigenvalue weighted by Crippen LogP contribution is 2.19. The zero-order valence-electron chi connectivity index (χ0n) is 9.90. The molecule has 0 saturated heterocycles. The number of aliphatic hydroxyl groups excluding tert-OH is 1. The maximum absolute atomic E-state index is 9.29. The molecule has 1 unspecified atom stereocenters. The van der Waals surface area contributed by atoms with Crippen LogP contribution in [0.3, 0.4) is 0 Å². The van der Waals surface area contributed by atoms with Crippen molar-refractivity contribution in [2.45, 2.75) is 33.3 Å². The summed E-state index contributed by atoms with van der Waals surface area (Å²) in [5, 5.41) is 9.29. The van der Waals surface area contributed by atoms with Crippen molar-refractivity contribution in [1.82, 2.24) is 0 Å². The largest absolute Gasteiger partial charge is 0.393 e. The van der Waals surface area contributed by atoms with Crippen molar-refractivity contribution in [3.05, 3.63) is 29.8 Å². The summed E-state index contributed by atoms with van der Waals surface area (Å²) < 4.78 is 0. The van der Waals surface area contributed by atoms with Gasteiger partial charge in [0.15, 0.2) is 0 Å². The van der Waals surface area contributed by atoms with Crippen LogP contribution in [0.15, 0.2) is 24.3 Å². The van der Waals surface area contributed by atoms with E-state index in [1.165, 1.54) is 11.3 Å². The van der Waals surface area contributed by atoms with Crippen LogP contribution in [0.2, 0.25) is 0 Å². The minimum Gasteiger partial charge on any atom is -0.393 e. The Balaban J connectivity index is 2.70. The van der Waals surface area contributed by atoms with Crippen LogP contribution in [0.4, 0.5) is 5.69 Å². The van der Waals surface area contributed by atoms with E-state index in [0.717, 1.165) is 19.5 Å². The van der Waals surface area contributed by atoms with Gasteiger partial charge in [-0.15, -0.1) is 0 Å². The zero-order valence-corrected chi connectivity index (χ0v) is 9.90. The molecule has 84 valence electrons. The van der Waals surface area contributed by atoms with Crippen LogP contribution in [0, 0.1) is 6.92 Å². The van der Waals surface area contributed by atoms with Gasteiger partial charge in [0.2, 0.25) is 0 Å². The van der Waals surface area contributed by atoms with Gasteiger partial charge in [0, 0.05) is 18.8 Å². The second-order valence-electron chi connectivity index (χ2n) is 4.00. The van der Waals surface area contributed by atoms with E-state index in [9.17, 15) is 5.11 Å². The predicted octanol–water partition coefficient (Wildman–Crippen LogP) is 2.59. The Morgan fingerprint density at radius 2 is 2.00 bits per heavy atom. The first-order valence-corrected chi connectivity index (χ1v) is 5.63. The normalized spacial score (nSPS) is 12.5. The lowest BCUT2D eigenvalue weighted by Gasteiger charge is -2.25. The van der Waals surface area contributed by atoms with Crippen molar-refractivity contribution in [3.63, 3.8) is 0 Å². The van der Waals surface area contributed by atoms with Crippen LogP contribution >= 0.6 is 0 Å². The maximum atomic E-state index is 9.29. The highest BCUT2D eigenvalue weighted by Gasteiger charge is 2.07. The number of rotatable bonds is 5. The molecule has 0 amide bonds. The van der Waals surface area contributed by atoms with Gasteiger partial charge in [-0.1, -0.05) is 18.2 Å². The molecule has 0 spiro atoms. The predicted molar refractivity (Wildman–Crippen MR) is 65.4 cm³/mol. The van der Waals surface area contributed by atoms with Gasteiger partial charge in [0.05, 0.1) is 6.10 Å². The number of hydrogen-bond acceptors (Lipinski definition) is 2. The fourth-order valence-corrected chi connectivity index (χ4v) is 1.71. The van der Waals surface area contributed by atoms with Gasteiger partial charge in [-0.05, 0) is 38.8 Å². The number of aryl methyl sites for hydroxylation is 1. The molecule has 1 atom stereocenters. The molecule has 1 aromatic rings. The third kappa shape index (κ3) is 3.56. The first-order valence-electron chi connectivity index (χ1n) is 5.63. The molecule has 0 aromatic heterocycles. The lowest BCUT2D eigenvalue weighted by atomic mass is 10.1. The Kier molecular flexibility index (Phi) is 4.63. The third-order valence-corrected chi connectivity index (χ3v) is 2.65. The van der Waals surface area contributed by atoms with Crippen molar-refractivity contribution < 1.29 is 5.11 Å². The topological polar surface area (TPSA) is 23.5 Å². The highest BCUT2D eigenvalue weighted by molar-refractivity contribution is 5.52. The molecule has 0 aliphatic heterocycles. The number of hydrogen-bond donors (Lipinski definition) is 1. The molecule has 0 radical (unpaired) electrons. The average Bonchev–Trinajstić information content (AvgIpc) is 2.21. The Morgan fingerprint density at radius 1 is 1.33 bits per heavy atom. The summed E-state index contributed by atoms with van der Waals surface area (Å²) in [5.41, 5.74) is 2.57. The summed E-state index contributed by atoms with van der Waals surface area (Å²) in [7, 11) is 0. The molecule has 2 heteroatoms. The fraction of sp³-hybridized carbons (Fsp3) is 0.538. The molecule has 0 saturated carbocycles. The summed E-state index contributed by atoms with van der Waals surface area (Å²) in [6.45, 7) is 8.01. The molecular formula is C13H21NO. The van der Waals surface area contributed by atoms with E-state index in [1.807, 2.05) is 6.92 Å². The van der Waals surface area contributed by atoms with Gasteiger partial charge in [0.1, 0.15) is 0 Å². The van der Waals surface area contributed by atoms with Crippen LogP contribution in [0.25, 0.3) is 0 Å². The van der Waals surface area contributed by atoms with Crippen molar-refractivity contribution in [1.29, 1.82) is 0 Å². The number of nitrogens with zero attached hydrogens (tertiary/aromatic N) is 1. The maximum Gasteiger partial charge on any atom is 0.0528 e. The third-order valence-electron chi connectivity index (χ3n) is 2.65. The Hall–Kier alpha value is -1.02. The molecule has 0 aliphatic carbocycles. The molecule has 0 aliphatic rings. The number of benzene rings is 1. The van der Waals surface area contributed by atoms with Crippen LogP contribution in [0.5, 0.6) is 0 Å². The molecule has 15 heavy (non-hydrogen) atoms. The number of para-hydroxylation sites is 1. The van der Waals surface area contributed by atoms with E-state index in [2.05, 4.69) is 43.0 Å². The summed E-state index contributed by atoms with van der Waals surface area (Å²) in [5.74, 6) is 0. The molecule has 1 aromatic carbocycles. The second-order valence-corrected chi connectivity index (χ2v) is 4.00. The summed E-state index contributed by atoms with van der Waals surface area (Å²) >= 11 is 0. The van der Waals surface area contributed by atoms with Crippen molar-refractivity contribution in [2.75, 3.05) is 18.0 Å². The SMILES string of the molecule is CCN(CCC(C)O)c1ccccc1C. The second kappa shape index (κ2) is 5.76. The lowest BCUT2D eigenvalue weighted by Crippen LogP contribution is -2.26. The van der Waals surface area contributed by atoms with Gasteiger partial charge in [-0.3, -0.25) is 0 Å². The molecule has 0 bridgehead atoms. The monoisotopic (exact) mass is 207 g/mol. The standard InChI is InChI=1S/C13H21NO/c1-4-14(10-9-12(3)15)13-8-6-5-7-11(13)2/h5-8,12,15H,4,9-10H2,1-3H3. The van der Waals surface area contributed by atoms with Crippen LogP contribution < -0.4 is 4.90 Å². The van der Waals surface area contributed by atoms with Gasteiger partial charge in [-0.25, -0.2) is 0 Å². The molecule has 2 nitrogen and oxygen atoms in total. The lowest BCUT2D eigenvalue weighted by molar-refractivity contribution is 0.186. The number of anilines is 1. The van der Waals surface area contributed by atoms with E-state index < -0.39 is 0 Å². The molecule has 0 fully saturated rings. The molecule has 1 rings (SSSR count). The van der Waals surface area contributed by atoms with Gasteiger partial charge < -0.3 is 10.0 Å². The van der Waals surface area contributed by atoms with E-state index in [4.69, 9.17) is 0 Å². The zero-order chi connectivity index (χ0) is 11.3. The fourth-order valence-electron chi connectivity index (χ4n) is 1.71. The quantitative estimate of drug-likeness (QED) is 0.802. The van der Waals surface area contributed by atoms with Crippen LogP contribution in [0.1, 0.15) is 25.8 Å². The summed E-state index contributed by atoms with van der Waals surface area (Å²) in [4.78, 5) is 2.31. The Morgan fingerprint density at radius 3 is 2.53 bits per heavy atom. The van der Waals surface area contributed by atoms with E-state index in [1.54, 1.807) is 0 Å². The Bertz CT molecular complexity index is 296. The molecular weight excluding hydrogens is 186 g/mol. The number of aliphatic hydroxyl groups is 1. The minimum absolute atomic E-state index is 0.219.